The maximum absolute atomic E-state index is 12.4. The van der Waals surface area contributed by atoms with Gasteiger partial charge in [0.2, 0.25) is 0 Å². The number of carbonyl (C=O) groups excluding carboxylic acids is 2. The van der Waals surface area contributed by atoms with Gasteiger partial charge in [-0.05, 0) is 55.8 Å². The number of aromatic carboxylic acids is 2. The number of carbonyl (C=O) groups is 4. The van der Waals surface area contributed by atoms with Gasteiger partial charge in [-0.15, -0.1) is 0 Å². The Bertz CT molecular complexity index is 1480. The molecule has 0 saturated heterocycles. The third-order valence-corrected chi connectivity index (χ3v) is 5.24. The second kappa shape index (κ2) is 12.3. The third-order valence-electron chi connectivity index (χ3n) is 5.24. The van der Waals surface area contributed by atoms with E-state index >= 15 is 0 Å². The van der Waals surface area contributed by atoms with Crippen LogP contribution in [0.2, 0.25) is 0 Å². The number of benzene rings is 2. The van der Waals surface area contributed by atoms with Crippen molar-refractivity contribution >= 4 is 35.3 Å². The van der Waals surface area contributed by atoms with E-state index in [0.29, 0.717) is 11.3 Å². The summed E-state index contributed by atoms with van der Waals surface area (Å²) in [6.45, 7) is 3.29. The second-order valence-electron chi connectivity index (χ2n) is 7.83. The molecule has 1 aromatic heterocycles. The van der Waals surface area contributed by atoms with Crippen LogP contribution in [0.1, 0.15) is 44.9 Å². The molecule has 0 bridgehead atoms. The Hall–Kier alpha value is -5.33. The third kappa shape index (κ3) is 6.52. The average Bonchev–Trinajstić information content (AvgIpc) is 2.87. The molecule has 13 heteroatoms. The molecule has 0 radical (unpaired) electrons. The van der Waals surface area contributed by atoms with Crippen molar-refractivity contribution < 1.29 is 43.6 Å². The van der Waals surface area contributed by atoms with Crippen LogP contribution in [0.25, 0.3) is 11.1 Å². The molecule has 0 fully saturated rings. The minimum absolute atomic E-state index is 0.0181. The SMILES string of the molecule is CCOC(=O)c1ccc(NC(=O)COc2ccc(-c3c(C(=O)O)c(N)[nH]c(=O)c3C(=O)O)cc2OCC)cc1. The maximum Gasteiger partial charge on any atom is 0.342 e. The fourth-order valence-corrected chi connectivity index (χ4v) is 3.63. The van der Waals surface area contributed by atoms with Crippen LogP contribution in [0.4, 0.5) is 11.5 Å². The molecule has 6 N–H and O–H groups in total. The molecular formula is C26H25N3O10. The van der Waals surface area contributed by atoms with Crippen LogP contribution >= 0.6 is 0 Å². The molecule has 0 spiro atoms. The zero-order valence-electron chi connectivity index (χ0n) is 20.9. The van der Waals surface area contributed by atoms with E-state index < -0.39 is 58.5 Å². The highest BCUT2D eigenvalue weighted by molar-refractivity contribution is 6.07. The number of carboxylic acids is 2. The van der Waals surface area contributed by atoms with Gasteiger partial charge in [-0.2, -0.15) is 0 Å². The highest BCUT2D eigenvalue weighted by Crippen LogP contribution is 2.36. The first-order valence-electron chi connectivity index (χ1n) is 11.6. The molecule has 0 aliphatic rings. The average molecular weight is 539 g/mol. The molecule has 0 atom stereocenters. The number of nitrogen functional groups attached to an aromatic ring is 1. The Kier molecular flexibility index (Phi) is 8.89. The molecule has 0 unspecified atom stereocenters. The lowest BCUT2D eigenvalue weighted by atomic mass is 9.95. The van der Waals surface area contributed by atoms with E-state index in [0.717, 1.165) is 0 Å². The van der Waals surface area contributed by atoms with Crippen molar-refractivity contribution in [3.8, 4) is 22.6 Å². The predicted octanol–water partition coefficient (Wildman–Crippen LogP) is 2.61. The van der Waals surface area contributed by atoms with Crippen LogP contribution in [0.5, 0.6) is 11.5 Å². The number of hydrogen-bond donors (Lipinski definition) is 5. The minimum Gasteiger partial charge on any atom is -0.490 e. The van der Waals surface area contributed by atoms with Crippen LogP contribution in [-0.2, 0) is 9.53 Å². The molecule has 1 heterocycles. The normalized spacial score (nSPS) is 10.4. The van der Waals surface area contributed by atoms with Gasteiger partial charge in [0, 0.05) is 11.3 Å². The van der Waals surface area contributed by atoms with E-state index in [1.54, 1.807) is 13.8 Å². The van der Waals surface area contributed by atoms with Crippen LogP contribution < -0.4 is 26.1 Å². The Morgan fingerprint density at radius 2 is 1.56 bits per heavy atom. The van der Waals surface area contributed by atoms with E-state index in [2.05, 4.69) is 5.32 Å². The molecule has 0 saturated carbocycles. The molecule has 204 valence electrons. The van der Waals surface area contributed by atoms with E-state index in [4.69, 9.17) is 19.9 Å². The summed E-state index contributed by atoms with van der Waals surface area (Å²) >= 11 is 0. The number of ether oxygens (including phenoxy) is 3. The van der Waals surface area contributed by atoms with Crippen LogP contribution in [0.15, 0.2) is 47.3 Å². The Morgan fingerprint density at radius 3 is 2.15 bits per heavy atom. The summed E-state index contributed by atoms with van der Waals surface area (Å²) in [6.07, 6.45) is 0. The first-order chi connectivity index (χ1) is 18.6. The zero-order chi connectivity index (χ0) is 28.7. The molecule has 0 aliphatic carbocycles. The van der Waals surface area contributed by atoms with Crippen molar-refractivity contribution in [1.82, 2.24) is 4.98 Å². The smallest absolute Gasteiger partial charge is 0.342 e. The van der Waals surface area contributed by atoms with Crippen molar-refractivity contribution in [3.63, 3.8) is 0 Å². The van der Waals surface area contributed by atoms with Gasteiger partial charge in [-0.1, -0.05) is 6.07 Å². The number of rotatable bonds is 11. The van der Waals surface area contributed by atoms with Crippen molar-refractivity contribution in [2.75, 3.05) is 30.9 Å². The Labute approximate surface area is 221 Å². The van der Waals surface area contributed by atoms with Gasteiger partial charge in [0.15, 0.2) is 18.1 Å². The molecule has 2 aromatic carbocycles. The molecule has 0 aliphatic heterocycles. The lowest BCUT2D eigenvalue weighted by molar-refractivity contribution is -0.118. The zero-order valence-corrected chi connectivity index (χ0v) is 20.9. The lowest BCUT2D eigenvalue weighted by Gasteiger charge is -2.16. The van der Waals surface area contributed by atoms with Crippen molar-refractivity contribution in [2.24, 2.45) is 0 Å². The monoisotopic (exact) mass is 539 g/mol. The maximum atomic E-state index is 12.4. The first kappa shape index (κ1) is 28.2. The number of aromatic amines is 1. The number of esters is 1. The molecule has 39 heavy (non-hydrogen) atoms. The van der Waals surface area contributed by atoms with E-state index in [9.17, 15) is 34.2 Å². The molecular weight excluding hydrogens is 514 g/mol. The van der Waals surface area contributed by atoms with Crippen LogP contribution in [0.3, 0.4) is 0 Å². The van der Waals surface area contributed by atoms with Crippen LogP contribution in [0, 0.1) is 0 Å². The van der Waals surface area contributed by atoms with Gasteiger partial charge in [0.25, 0.3) is 11.5 Å². The van der Waals surface area contributed by atoms with Gasteiger partial charge in [0.1, 0.15) is 16.9 Å². The summed E-state index contributed by atoms with van der Waals surface area (Å²) in [5.74, 6) is -4.58. The first-order valence-corrected chi connectivity index (χ1v) is 11.6. The largest absolute Gasteiger partial charge is 0.490 e. The number of aromatic nitrogens is 1. The molecule has 3 rings (SSSR count). The summed E-state index contributed by atoms with van der Waals surface area (Å²) in [7, 11) is 0. The minimum atomic E-state index is -1.65. The summed E-state index contributed by atoms with van der Waals surface area (Å²) in [6, 6.07) is 10.00. The molecule has 1 amide bonds. The van der Waals surface area contributed by atoms with Crippen molar-refractivity contribution in [1.29, 1.82) is 0 Å². The quantitative estimate of drug-likeness (QED) is 0.224. The van der Waals surface area contributed by atoms with Gasteiger partial charge in [-0.3, -0.25) is 9.59 Å². The lowest BCUT2D eigenvalue weighted by Crippen LogP contribution is -2.24. The topological polar surface area (TPSA) is 207 Å². The van der Waals surface area contributed by atoms with Gasteiger partial charge in [-0.25, -0.2) is 14.4 Å². The van der Waals surface area contributed by atoms with Gasteiger partial charge in [0.05, 0.1) is 18.8 Å². The number of amides is 1. The van der Waals surface area contributed by atoms with Gasteiger partial charge < -0.3 is 40.5 Å². The number of H-pyrrole nitrogens is 1. The van der Waals surface area contributed by atoms with Gasteiger partial charge >= 0.3 is 17.9 Å². The second-order valence-corrected chi connectivity index (χ2v) is 7.83. The fourth-order valence-electron chi connectivity index (χ4n) is 3.63. The molecule has 13 nitrogen and oxygen atoms in total. The predicted molar refractivity (Wildman–Crippen MR) is 139 cm³/mol. The van der Waals surface area contributed by atoms with E-state index in [-0.39, 0.29) is 30.3 Å². The summed E-state index contributed by atoms with van der Waals surface area (Å²) in [5, 5.41) is 21.8. The highest BCUT2D eigenvalue weighted by Gasteiger charge is 2.27. The number of carboxylic acid groups (broad SMARTS) is 2. The summed E-state index contributed by atoms with van der Waals surface area (Å²) in [4.78, 5) is 62.2. The number of anilines is 2. The Morgan fingerprint density at radius 1 is 0.897 bits per heavy atom. The summed E-state index contributed by atoms with van der Waals surface area (Å²) < 4.78 is 16.0. The van der Waals surface area contributed by atoms with Crippen molar-refractivity contribution in [2.45, 2.75) is 13.8 Å². The number of pyridine rings is 1. The number of hydrogen-bond acceptors (Lipinski definition) is 9. The summed E-state index contributed by atoms with van der Waals surface area (Å²) in [5.41, 5.74) is 3.53. The number of nitrogens with two attached hydrogens (primary N) is 1. The van der Waals surface area contributed by atoms with E-state index in [1.807, 2.05) is 4.98 Å². The Balaban J connectivity index is 1.86. The van der Waals surface area contributed by atoms with E-state index in [1.165, 1.54) is 42.5 Å². The van der Waals surface area contributed by atoms with Crippen molar-refractivity contribution in [3.05, 3.63) is 69.5 Å². The van der Waals surface area contributed by atoms with Crippen LogP contribution in [-0.4, -0.2) is 58.8 Å². The fraction of sp³-hybridized carbons (Fsp3) is 0.192. The standard InChI is InChI=1S/C26H25N3O10/c1-3-37-17-11-14(19-20(24(32)33)22(27)29-23(31)21(19)25(34)35)7-10-16(17)39-12-18(30)28-15-8-5-13(6-9-15)26(36)38-4-2/h5-11H,3-4,12H2,1-2H3,(H,28,30)(H,32,33)(H,34,35)(H3,27,29,31). The molecule has 3 aromatic rings. The highest BCUT2D eigenvalue weighted by atomic mass is 16.5. The number of nitrogens with one attached hydrogen (secondary N) is 2.